The maximum atomic E-state index is 12.4. The number of benzene rings is 1. The number of anilines is 2. The van der Waals surface area contributed by atoms with Gasteiger partial charge in [-0.15, -0.1) is 11.3 Å². The predicted octanol–water partition coefficient (Wildman–Crippen LogP) is 2.40. The summed E-state index contributed by atoms with van der Waals surface area (Å²) < 4.78 is 10.2. The molecule has 0 saturated carbocycles. The van der Waals surface area contributed by atoms with Gasteiger partial charge >= 0.3 is 6.09 Å². The smallest absolute Gasteiger partial charge is 0.414 e. The van der Waals surface area contributed by atoms with E-state index in [-0.39, 0.29) is 12.2 Å². The van der Waals surface area contributed by atoms with Crippen molar-refractivity contribution in [3.05, 3.63) is 41.3 Å². The number of hydrogen-bond acceptors (Lipinski definition) is 7. The second-order valence-electron chi connectivity index (χ2n) is 4.97. The predicted molar refractivity (Wildman–Crippen MR) is 91.9 cm³/mol. The number of fused-ring (bicyclic) bond motifs is 1. The van der Waals surface area contributed by atoms with Gasteiger partial charge in [-0.25, -0.2) is 4.79 Å². The summed E-state index contributed by atoms with van der Waals surface area (Å²) in [5.74, 6) is -0.531. The molecule has 2 heterocycles. The molecule has 9 heteroatoms. The maximum absolute atomic E-state index is 12.4. The van der Waals surface area contributed by atoms with Crippen molar-refractivity contribution < 1.29 is 23.9 Å². The molecular weight excluding hydrogens is 346 g/mol. The first-order valence-corrected chi connectivity index (χ1v) is 8.35. The fourth-order valence-corrected chi connectivity index (χ4v) is 2.98. The van der Waals surface area contributed by atoms with Crippen molar-refractivity contribution in [2.45, 2.75) is 13.2 Å². The SMILES string of the molecule is CCOC(=O)NC(=O)c1ccsc1NC(=O)C1Nc2ccccc2O1. The van der Waals surface area contributed by atoms with E-state index in [1.54, 1.807) is 30.5 Å². The van der Waals surface area contributed by atoms with E-state index in [9.17, 15) is 14.4 Å². The van der Waals surface area contributed by atoms with Crippen molar-refractivity contribution in [2.24, 2.45) is 0 Å². The molecule has 1 aliphatic heterocycles. The Hall–Kier alpha value is -3.07. The van der Waals surface area contributed by atoms with Crippen molar-refractivity contribution in [3.63, 3.8) is 0 Å². The first-order valence-electron chi connectivity index (χ1n) is 7.47. The number of carbonyl (C=O) groups excluding carboxylic acids is 3. The Kier molecular flexibility index (Phi) is 4.85. The van der Waals surface area contributed by atoms with Gasteiger partial charge in [-0.1, -0.05) is 12.1 Å². The van der Waals surface area contributed by atoms with Gasteiger partial charge in [0.15, 0.2) is 0 Å². The number of rotatable bonds is 4. The zero-order valence-corrected chi connectivity index (χ0v) is 14.0. The normalized spacial score (nSPS) is 14.7. The molecule has 8 nitrogen and oxygen atoms in total. The van der Waals surface area contributed by atoms with Gasteiger partial charge in [0.1, 0.15) is 10.8 Å². The molecule has 1 atom stereocenters. The second-order valence-corrected chi connectivity index (χ2v) is 5.88. The molecule has 0 bridgehead atoms. The maximum Gasteiger partial charge on any atom is 0.414 e. The summed E-state index contributed by atoms with van der Waals surface area (Å²) in [6.45, 7) is 1.78. The molecule has 2 aromatic rings. The van der Waals surface area contributed by atoms with Gasteiger partial charge in [-0.3, -0.25) is 14.9 Å². The van der Waals surface area contributed by atoms with Crippen LogP contribution in [0.1, 0.15) is 17.3 Å². The van der Waals surface area contributed by atoms with E-state index >= 15 is 0 Å². The highest BCUT2D eigenvalue weighted by Gasteiger charge is 2.29. The summed E-state index contributed by atoms with van der Waals surface area (Å²) in [6.07, 6.45) is -1.74. The van der Waals surface area contributed by atoms with E-state index in [0.29, 0.717) is 16.4 Å². The standard InChI is InChI=1S/C16H15N3O5S/c1-2-23-16(22)19-12(20)9-7-8-25-15(9)18-13(21)14-17-10-5-3-4-6-11(10)24-14/h3-8,14,17H,2H2,1H3,(H,18,21)(H,19,20,22). The van der Waals surface area contributed by atoms with E-state index in [1.807, 2.05) is 6.07 Å². The minimum absolute atomic E-state index is 0.150. The summed E-state index contributed by atoms with van der Waals surface area (Å²) in [5, 5.41) is 9.61. The number of alkyl carbamates (subject to hydrolysis) is 1. The van der Waals surface area contributed by atoms with Crippen molar-refractivity contribution >= 4 is 39.9 Å². The van der Waals surface area contributed by atoms with Crippen LogP contribution in [-0.4, -0.2) is 30.7 Å². The van der Waals surface area contributed by atoms with Gasteiger partial charge in [-0.2, -0.15) is 0 Å². The minimum atomic E-state index is -0.902. The fraction of sp³-hybridized carbons (Fsp3) is 0.188. The van der Waals surface area contributed by atoms with E-state index in [1.165, 1.54) is 6.07 Å². The number of thiophene rings is 1. The summed E-state index contributed by atoms with van der Waals surface area (Å²) in [4.78, 5) is 35.8. The zero-order valence-electron chi connectivity index (χ0n) is 13.2. The van der Waals surface area contributed by atoms with Crippen molar-refractivity contribution in [3.8, 4) is 5.75 Å². The van der Waals surface area contributed by atoms with E-state index in [4.69, 9.17) is 4.74 Å². The Bertz CT molecular complexity index is 795. The number of carbonyl (C=O) groups is 3. The average Bonchev–Trinajstić information content (AvgIpc) is 3.21. The Balaban J connectivity index is 1.64. The average molecular weight is 361 g/mol. The lowest BCUT2D eigenvalue weighted by molar-refractivity contribution is -0.121. The highest BCUT2D eigenvalue weighted by molar-refractivity contribution is 7.14. The topological polar surface area (TPSA) is 106 Å². The third-order valence-corrected chi connectivity index (χ3v) is 4.12. The van der Waals surface area contributed by atoms with E-state index < -0.39 is 24.1 Å². The lowest BCUT2D eigenvalue weighted by Gasteiger charge is -2.12. The van der Waals surface area contributed by atoms with Gasteiger partial charge < -0.3 is 20.1 Å². The van der Waals surface area contributed by atoms with Crippen LogP contribution in [0.4, 0.5) is 15.5 Å². The highest BCUT2D eigenvalue weighted by Crippen LogP contribution is 2.32. The van der Waals surface area contributed by atoms with Gasteiger partial charge in [0.05, 0.1) is 17.9 Å². The first-order chi connectivity index (χ1) is 12.1. The van der Waals surface area contributed by atoms with Gasteiger partial charge in [0.2, 0.25) is 6.23 Å². The number of imide groups is 1. The van der Waals surface area contributed by atoms with Crippen LogP contribution in [0.2, 0.25) is 0 Å². The number of ether oxygens (including phenoxy) is 2. The van der Waals surface area contributed by atoms with Crippen LogP contribution in [0.5, 0.6) is 5.75 Å². The van der Waals surface area contributed by atoms with Gasteiger partial charge in [0, 0.05) is 0 Å². The third kappa shape index (κ3) is 3.72. The van der Waals surface area contributed by atoms with Crippen LogP contribution in [0.25, 0.3) is 0 Å². The zero-order chi connectivity index (χ0) is 17.8. The molecule has 0 saturated heterocycles. The molecule has 1 aromatic carbocycles. The van der Waals surface area contributed by atoms with Crippen molar-refractivity contribution in [2.75, 3.05) is 17.2 Å². The molecule has 3 amide bonds. The number of nitrogens with one attached hydrogen (secondary N) is 3. The van der Waals surface area contributed by atoms with Crippen LogP contribution < -0.4 is 20.7 Å². The molecule has 1 unspecified atom stereocenters. The lowest BCUT2D eigenvalue weighted by atomic mass is 10.3. The first kappa shape index (κ1) is 16.8. The molecule has 0 fully saturated rings. The van der Waals surface area contributed by atoms with Gasteiger partial charge in [-0.05, 0) is 30.5 Å². The number of amides is 3. The molecule has 25 heavy (non-hydrogen) atoms. The Morgan fingerprint density at radius 1 is 1.28 bits per heavy atom. The number of para-hydroxylation sites is 2. The van der Waals surface area contributed by atoms with Crippen LogP contribution in [0.15, 0.2) is 35.7 Å². The molecule has 3 N–H and O–H groups in total. The van der Waals surface area contributed by atoms with Crippen molar-refractivity contribution in [1.29, 1.82) is 0 Å². The minimum Gasteiger partial charge on any atom is -0.459 e. The summed E-state index contributed by atoms with van der Waals surface area (Å²) in [5.41, 5.74) is 0.885. The van der Waals surface area contributed by atoms with Crippen LogP contribution >= 0.6 is 11.3 Å². The largest absolute Gasteiger partial charge is 0.459 e. The molecular formula is C16H15N3O5S. The van der Waals surface area contributed by atoms with Gasteiger partial charge in [0.25, 0.3) is 11.8 Å². The molecule has 3 rings (SSSR count). The molecule has 0 radical (unpaired) electrons. The van der Waals surface area contributed by atoms with E-state index in [2.05, 4.69) is 20.7 Å². The summed E-state index contributed by atoms with van der Waals surface area (Å²) in [6, 6.07) is 8.68. The van der Waals surface area contributed by atoms with Crippen LogP contribution in [0, 0.1) is 0 Å². The highest BCUT2D eigenvalue weighted by atomic mass is 32.1. The van der Waals surface area contributed by atoms with E-state index in [0.717, 1.165) is 11.3 Å². The molecule has 0 aliphatic carbocycles. The number of hydrogen-bond donors (Lipinski definition) is 3. The molecule has 130 valence electrons. The lowest BCUT2D eigenvalue weighted by Crippen LogP contribution is -2.36. The Labute approximate surface area is 147 Å². The monoisotopic (exact) mass is 361 g/mol. The van der Waals surface area contributed by atoms with Crippen LogP contribution in [0.3, 0.4) is 0 Å². The molecule has 1 aromatic heterocycles. The third-order valence-electron chi connectivity index (χ3n) is 3.29. The Morgan fingerprint density at radius 3 is 2.84 bits per heavy atom. The molecule has 1 aliphatic rings. The van der Waals surface area contributed by atoms with Crippen LogP contribution in [-0.2, 0) is 9.53 Å². The summed E-state index contributed by atoms with van der Waals surface area (Å²) >= 11 is 1.16. The van der Waals surface area contributed by atoms with Crippen molar-refractivity contribution in [1.82, 2.24) is 5.32 Å². The fourth-order valence-electron chi connectivity index (χ4n) is 2.19. The summed E-state index contributed by atoms with van der Waals surface area (Å²) in [7, 11) is 0. The second kappa shape index (κ2) is 7.22. The Morgan fingerprint density at radius 2 is 2.08 bits per heavy atom. The molecule has 0 spiro atoms. The quantitative estimate of drug-likeness (QED) is 0.772.